The molecule has 0 atom stereocenters. The summed E-state index contributed by atoms with van der Waals surface area (Å²) in [5, 5.41) is 14.5. The molecule has 0 saturated heterocycles. The van der Waals surface area contributed by atoms with Crippen LogP contribution in [0.3, 0.4) is 0 Å². The van der Waals surface area contributed by atoms with Crippen molar-refractivity contribution in [2.45, 2.75) is 6.54 Å². The highest BCUT2D eigenvalue weighted by Gasteiger charge is 2.12. The molecule has 0 radical (unpaired) electrons. The van der Waals surface area contributed by atoms with E-state index in [1.807, 2.05) is 36.4 Å². The van der Waals surface area contributed by atoms with Crippen molar-refractivity contribution in [1.29, 1.82) is 5.26 Å². The lowest BCUT2D eigenvalue weighted by atomic mass is 10.1. The highest BCUT2D eigenvalue weighted by Crippen LogP contribution is 2.15. The van der Waals surface area contributed by atoms with E-state index in [9.17, 15) is 9.59 Å². The Labute approximate surface area is 169 Å². The SMILES string of the molecule is CN(Cc1ccccc1)C(=O)Nc1cccc(C(=O)Nc2cccc(C#N)c2)c1. The molecule has 0 heterocycles. The fourth-order valence-electron chi connectivity index (χ4n) is 2.76. The van der Waals surface area contributed by atoms with Gasteiger partial charge in [0, 0.05) is 30.5 Å². The van der Waals surface area contributed by atoms with E-state index in [1.54, 1.807) is 60.5 Å². The van der Waals surface area contributed by atoms with E-state index in [2.05, 4.69) is 10.6 Å². The number of carbonyl (C=O) groups is 2. The second-order valence-corrected chi connectivity index (χ2v) is 6.50. The molecule has 0 aliphatic rings. The van der Waals surface area contributed by atoms with Crippen LogP contribution in [0, 0.1) is 11.3 Å². The molecule has 3 amide bonds. The van der Waals surface area contributed by atoms with Gasteiger partial charge in [0.25, 0.3) is 5.91 Å². The van der Waals surface area contributed by atoms with Crippen LogP contribution in [0.2, 0.25) is 0 Å². The number of amides is 3. The van der Waals surface area contributed by atoms with Crippen LogP contribution < -0.4 is 10.6 Å². The van der Waals surface area contributed by atoms with Crippen molar-refractivity contribution in [3.63, 3.8) is 0 Å². The first-order valence-electron chi connectivity index (χ1n) is 9.03. The summed E-state index contributed by atoms with van der Waals surface area (Å²) in [5.41, 5.74) is 2.94. The van der Waals surface area contributed by atoms with Crippen LogP contribution >= 0.6 is 0 Å². The summed E-state index contributed by atoms with van der Waals surface area (Å²) in [4.78, 5) is 26.5. The predicted molar refractivity (Wildman–Crippen MR) is 112 cm³/mol. The van der Waals surface area contributed by atoms with Gasteiger partial charge in [0.15, 0.2) is 0 Å². The van der Waals surface area contributed by atoms with Gasteiger partial charge in [-0.2, -0.15) is 5.26 Å². The van der Waals surface area contributed by atoms with Crippen molar-refractivity contribution in [2.24, 2.45) is 0 Å². The van der Waals surface area contributed by atoms with Crippen LogP contribution in [0.5, 0.6) is 0 Å². The molecule has 3 rings (SSSR count). The Morgan fingerprint density at radius 2 is 1.59 bits per heavy atom. The number of hydrogen-bond donors (Lipinski definition) is 2. The number of hydrogen-bond acceptors (Lipinski definition) is 3. The molecule has 0 aromatic heterocycles. The first-order chi connectivity index (χ1) is 14.0. The van der Waals surface area contributed by atoms with Gasteiger partial charge in [-0.1, -0.05) is 42.5 Å². The third-order valence-corrected chi connectivity index (χ3v) is 4.23. The fourth-order valence-corrected chi connectivity index (χ4v) is 2.76. The molecule has 0 bridgehead atoms. The summed E-state index contributed by atoms with van der Waals surface area (Å²) in [6.45, 7) is 0.474. The average molecular weight is 384 g/mol. The van der Waals surface area contributed by atoms with Crippen molar-refractivity contribution in [3.05, 3.63) is 95.6 Å². The van der Waals surface area contributed by atoms with Crippen molar-refractivity contribution in [2.75, 3.05) is 17.7 Å². The lowest BCUT2D eigenvalue weighted by molar-refractivity contribution is 0.102. The second-order valence-electron chi connectivity index (χ2n) is 6.50. The standard InChI is InChI=1S/C23H20N4O2/c1-27(16-17-7-3-2-4-8-17)23(29)26-21-12-6-10-19(14-21)22(28)25-20-11-5-9-18(13-20)15-24/h2-14H,16H2,1H3,(H,25,28)(H,26,29). The number of anilines is 2. The Balaban J connectivity index is 1.64. The molecule has 0 aliphatic heterocycles. The van der Waals surface area contributed by atoms with E-state index >= 15 is 0 Å². The van der Waals surface area contributed by atoms with Crippen molar-refractivity contribution in [1.82, 2.24) is 4.90 Å². The maximum atomic E-state index is 12.5. The highest BCUT2D eigenvalue weighted by atomic mass is 16.2. The summed E-state index contributed by atoms with van der Waals surface area (Å²) in [6, 6.07) is 24.8. The maximum Gasteiger partial charge on any atom is 0.321 e. The second kappa shape index (κ2) is 9.20. The molecule has 0 spiro atoms. The number of nitrogens with one attached hydrogen (secondary N) is 2. The molecule has 3 aromatic rings. The van der Waals surface area contributed by atoms with Gasteiger partial charge in [-0.15, -0.1) is 0 Å². The number of nitrogens with zero attached hydrogens (tertiary/aromatic N) is 2. The summed E-state index contributed by atoms with van der Waals surface area (Å²) in [7, 11) is 1.71. The Bertz CT molecular complexity index is 1060. The summed E-state index contributed by atoms with van der Waals surface area (Å²) in [5.74, 6) is -0.325. The van der Waals surface area contributed by atoms with E-state index < -0.39 is 0 Å². The molecular formula is C23H20N4O2. The normalized spacial score (nSPS) is 9.93. The van der Waals surface area contributed by atoms with Crippen LogP contribution in [0.25, 0.3) is 0 Å². The minimum atomic E-state index is -0.325. The molecule has 0 aliphatic carbocycles. The van der Waals surface area contributed by atoms with Crippen LogP contribution in [0.15, 0.2) is 78.9 Å². The first-order valence-corrected chi connectivity index (χ1v) is 9.03. The number of nitriles is 1. The molecule has 29 heavy (non-hydrogen) atoms. The third kappa shape index (κ3) is 5.44. The molecular weight excluding hydrogens is 364 g/mol. The third-order valence-electron chi connectivity index (χ3n) is 4.23. The molecule has 6 nitrogen and oxygen atoms in total. The van der Waals surface area contributed by atoms with Gasteiger partial charge >= 0.3 is 6.03 Å². The molecule has 0 saturated carbocycles. The van der Waals surface area contributed by atoms with Crippen molar-refractivity contribution >= 4 is 23.3 Å². The predicted octanol–water partition coefficient (Wildman–Crippen LogP) is 4.47. The minimum absolute atomic E-state index is 0.270. The number of urea groups is 1. The number of carbonyl (C=O) groups excluding carboxylic acids is 2. The van der Waals surface area contributed by atoms with E-state index in [0.29, 0.717) is 29.0 Å². The summed E-state index contributed by atoms with van der Waals surface area (Å²) >= 11 is 0. The minimum Gasteiger partial charge on any atom is -0.323 e. The zero-order chi connectivity index (χ0) is 20.6. The number of rotatable bonds is 5. The zero-order valence-corrected chi connectivity index (χ0v) is 15.9. The monoisotopic (exact) mass is 384 g/mol. The van der Waals surface area contributed by atoms with Crippen LogP contribution in [0.4, 0.5) is 16.2 Å². The van der Waals surface area contributed by atoms with Crippen molar-refractivity contribution in [3.8, 4) is 6.07 Å². The van der Waals surface area contributed by atoms with Crippen LogP contribution in [-0.4, -0.2) is 23.9 Å². The van der Waals surface area contributed by atoms with Crippen LogP contribution in [0.1, 0.15) is 21.5 Å². The van der Waals surface area contributed by atoms with Gasteiger partial charge in [-0.25, -0.2) is 4.79 Å². The smallest absolute Gasteiger partial charge is 0.321 e. The van der Waals surface area contributed by atoms with Gasteiger partial charge in [0.05, 0.1) is 11.6 Å². The van der Waals surface area contributed by atoms with E-state index in [0.717, 1.165) is 5.56 Å². The van der Waals surface area contributed by atoms with E-state index in [4.69, 9.17) is 5.26 Å². The zero-order valence-electron chi connectivity index (χ0n) is 15.9. The Morgan fingerprint density at radius 1 is 0.897 bits per heavy atom. The van der Waals surface area contributed by atoms with Gasteiger partial charge < -0.3 is 15.5 Å². The lowest BCUT2D eigenvalue weighted by Gasteiger charge is -2.18. The first kappa shape index (κ1) is 19.6. The largest absolute Gasteiger partial charge is 0.323 e. The lowest BCUT2D eigenvalue weighted by Crippen LogP contribution is -2.30. The highest BCUT2D eigenvalue weighted by molar-refractivity contribution is 6.05. The van der Waals surface area contributed by atoms with Gasteiger partial charge in [-0.05, 0) is 42.0 Å². The van der Waals surface area contributed by atoms with E-state index in [-0.39, 0.29) is 11.9 Å². The molecule has 3 aromatic carbocycles. The van der Waals surface area contributed by atoms with Crippen LogP contribution in [-0.2, 0) is 6.54 Å². The Morgan fingerprint density at radius 3 is 2.31 bits per heavy atom. The molecule has 0 fully saturated rings. The summed E-state index contributed by atoms with van der Waals surface area (Å²) < 4.78 is 0. The quantitative estimate of drug-likeness (QED) is 0.680. The molecule has 2 N–H and O–H groups in total. The van der Waals surface area contributed by atoms with Gasteiger partial charge in [0.1, 0.15) is 0 Å². The van der Waals surface area contributed by atoms with Crippen molar-refractivity contribution < 1.29 is 9.59 Å². The maximum absolute atomic E-state index is 12.5. The molecule has 6 heteroatoms. The Hall–Kier alpha value is -4.11. The molecule has 144 valence electrons. The average Bonchev–Trinajstić information content (AvgIpc) is 2.74. The van der Waals surface area contributed by atoms with Gasteiger partial charge in [-0.3, -0.25) is 4.79 Å². The fraction of sp³-hybridized carbons (Fsp3) is 0.0870. The Kier molecular flexibility index (Phi) is 6.23. The molecule has 0 unspecified atom stereocenters. The van der Waals surface area contributed by atoms with E-state index in [1.165, 1.54) is 0 Å². The topological polar surface area (TPSA) is 85.2 Å². The van der Waals surface area contributed by atoms with Gasteiger partial charge in [0.2, 0.25) is 0 Å². The summed E-state index contributed by atoms with van der Waals surface area (Å²) in [6.07, 6.45) is 0. The number of benzene rings is 3.